The molecule has 0 radical (unpaired) electrons. The molecule has 1 aromatic carbocycles. The van der Waals surface area contributed by atoms with E-state index in [4.69, 9.17) is 4.74 Å². The monoisotopic (exact) mass is 276 g/mol. The highest BCUT2D eigenvalue weighted by molar-refractivity contribution is 5.63. The molecule has 0 aliphatic carbocycles. The van der Waals surface area contributed by atoms with Gasteiger partial charge in [-0.25, -0.2) is 4.98 Å². The number of benzene rings is 1. The van der Waals surface area contributed by atoms with Gasteiger partial charge in [0.1, 0.15) is 11.6 Å². The molecule has 2 rings (SSSR count). The summed E-state index contributed by atoms with van der Waals surface area (Å²) in [5.74, 6) is 0.148. The third kappa shape index (κ3) is 2.87. The van der Waals surface area contributed by atoms with Gasteiger partial charge in [-0.15, -0.1) is 0 Å². The lowest BCUT2D eigenvalue weighted by atomic mass is 10.1. The predicted octanol–water partition coefficient (Wildman–Crippen LogP) is 2.93. The molecule has 0 saturated carbocycles. The van der Waals surface area contributed by atoms with Gasteiger partial charge in [0.05, 0.1) is 17.9 Å². The van der Waals surface area contributed by atoms with E-state index in [1.807, 2.05) is 19.1 Å². The van der Waals surface area contributed by atoms with Crippen LogP contribution in [0.1, 0.15) is 26.0 Å². The Morgan fingerprint density at radius 1 is 1.30 bits per heavy atom. The highest BCUT2D eigenvalue weighted by Gasteiger charge is 2.13. The topological polar surface area (TPSA) is 55.0 Å². The van der Waals surface area contributed by atoms with E-state index in [-0.39, 0.29) is 5.69 Å². The van der Waals surface area contributed by atoms with Gasteiger partial charge in [-0.3, -0.25) is 4.79 Å². The fourth-order valence-corrected chi connectivity index (χ4v) is 1.87. The number of nitrogens with one attached hydrogen (secondary N) is 1. The Morgan fingerprint density at radius 2 is 2.05 bits per heavy atom. The average molecular weight is 276 g/mol. The Labute approximate surface area is 116 Å². The number of aromatic nitrogens is 2. The van der Waals surface area contributed by atoms with Gasteiger partial charge in [0, 0.05) is 0 Å². The van der Waals surface area contributed by atoms with Crippen LogP contribution in [0.2, 0.25) is 0 Å². The molecule has 4 nitrogen and oxygen atoms in total. The molecule has 0 saturated heterocycles. The second kappa shape index (κ2) is 6.32. The molecule has 0 aliphatic heterocycles. The van der Waals surface area contributed by atoms with Crippen molar-refractivity contribution in [3.63, 3.8) is 0 Å². The maximum Gasteiger partial charge on any atom is 0.287 e. The van der Waals surface area contributed by atoms with Gasteiger partial charge >= 0.3 is 0 Å². The summed E-state index contributed by atoms with van der Waals surface area (Å²) in [4.78, 5) is 18.2. The van der Waals surface area contributed by atoms with Gasteiger partial charge in [0.15, 0.2) is 0 Å². The molecule has 20 heavy (non-hydrogen) atoms. The second-order valence-corrected chi connectivity index (χ2v) is 4.37. The maximum atomic E-state index is 13.6. The zero-order valence-electron chi connectivity index (χ0n) is 11.6. The number of halogens is 1. The molecular formula is C15H17FN2O2. The Morgan fingerprint density at radius 3 is 2.75 bits per heavy atom. The SMILES string of the molecule is CCCOc1ccccc1-c1nc(CC)c(F)c(=O)[nH]1. The van der Waals surface area contributed by atoms with E-state index >= 15 is 0 Å². The lowest BCUT2D eigenvalue weighted by Gasteiger charge is -2.11. The van der Waals surface area contributed by atoms with Gasteiger partial charge in [-0.1, -0.05) is 26.0 Å². The largest absolute Gasteiger partial charge is 0.493 e. The average Bonchev–Trinajstić information content (AvgIpc) is 2.48. The minimum absolute atomic E-state index is 0.161. The normalized spacial score (nSPS) is 10.6. The first kappa shape index (κ1) is 14.2. The molecule has 2 aromatic rings. The summed E-state index contributed by atoms with van der Waals surface area (Å²) >= 11 is 0. The molecule has 1 N–H and O–H groups in total. The first-order valence-corrected chi connectivity index (χ1v) is 6.68. The van der Waals surface area contributed by atoms with Crippen LogP contribution in [-0.2, 0) is 6.42 Å². The first-order chi connectivity index (χ1) is 9.67. The van der Waals surface area contributed by atoms with E-state index in [1.165, 1.54) is 0 Å². The Bertz CT molecular complexity index is 653. The highest BCUT2D eigenvalue weighted by Crippen LogP contribution is 2.27. The van der Waals surface area contributed by atoms with Crippen LogP contribution >= 0.6 is 0 Å². The second-order valence-electron chi connectivity index (χ2n) is 4.37. The molecular weight excluding hydrogens is 259 g/mol. The van der Waals surface area contributed by atoms with Crippen molar-refractivity contribution in [2.75, 3.05) is 6.61 Å². The molecule has 106 valence electrons. The van der Waals surface area contributed by atoms with Crippen molar-refractivity contribution < 1.29 is 9.13 Å². The summed E-state index contributed by atoms with van der Waals surface area (Å²) in [6.45, 7) is 4.34. The van der Waals surface area contributed by atoms with E-state index in [0.29, 0.717) is 30.2 Å². The fourth-order valence-electron chi connectivity index (χ4n) is 1.87. The van der Waals surface area contributed by atoms with Crippen LogP contribution in [0, 0.1) is 5.82 Å². The zero-order valence-corrected chi connectivity index (χ0v) is 11.6. The van der Waals surface area contributed by atoms with Gasteiger partial charge in [0.25, 0.3) is 5.56 Å². The minimum atomic E-state index is -0.816. The lowest BCUT2D eigenvalue weighted by molar-refractivity contribution is 0.318. The Balaban J connectivity index is 2.51. The van der Waals surface area contributed by atoms with Crippen molar-refractivity contribution in [1.29, 1.82) is 0 Å². The quantitative estimate of drug-likeness (QED) is 0.913. The summed E-state index contributed by atoms with van der Waals surface area (Å²) in [5.41, 5.74) is 0.0685. The van der Waals surface area contributed by atoms with Crippen molar-refractivity contribution >= 4 is 0 Å². The number of nitrogens with zero attached hydrogens (tertiary/aromatic N) is 1. The predicted molar refractivity (Wildman–Crippen MR) is 75.4 cm³/mol. The van der Waals surface area contributed by atoms with Gasteiger partial charge in [-0.05, 0) is 25.0 Å². The van der Waals surface area contributed by atoms with Gasteiger partial charge in [-0.2, -0.15) is 4.39 Å². The van der Waals surface area contributed by atoms with Crippen molar-refractivity contribution in [2.45, 2.75) is 26.7 Å². The number of hydrogen-bond donors (Lipinski definition) is 1. The smallest absolute Gasteiger partial charge is 0.287 e. The maximum absolute atomic E-state index is 13.6. The minimum Gasteiger partial charge on any atom is -0.493 e. The first-order valence-electron chi connectivity index (χ1n) is 6.68. The van der Waals surface area contributed by atoms with Crippen LogP contribution < -0.4 is 10.3 Å². The van der Waals surface area contributed by atoms with Gasteiger partial charge < -0.3 is 9.72 Å². The van der Waals surface area contributed by atoms with Crippen molar-refractivity contribution in [3.8, 4) is 17.1 Å². The Kier molecular flexibility index (Phi) is 4.50. The van der Waals surface area contributed by atoms with Gasteiger partial charge in [0.2, 0.25) is 5.82 Å². The van der Waals surface area contributed by atoms with Crippen LogP contribution in [0.3, 0.4) is 0 Å². The molecule has 0 spiro atoms. The third-order valence-corrected chi connectivity index (χ3v) is 2.87. The van der Waals surface area contributed by atoms with Crippen molar-refractivity contribution in [1.82, 2.24) is 9.97 Å². The van der Waals surface area contributed by atoms with E-state index < -0.39 is 11.4 Å². The highest BCUT2D eigenvalue weighted by atomic mass is 19.1. The van der Waals surface area contributed by atoms with Crippen LogP contribution in [0.4, 0.5) is 4.39 Å². The number of para-hydroxylation sites is 1. The molecule has 1 aromatic heterocycles. The van der Waals surface area contributed by atoms with Crippen LogP contribution in [0.25, 0.3) is 11.4 Å². The molecule has 0 aliphatic rings. The number of aryl methyl sites for hydroxylation is 1. The number of H-pyrrole nitrogens is 1. The molecule has 5 heteroatoms. The number of aromatic amines is 1. The molecule has 0 bridgehead atoms. The van der Waals surface area contributed by atoms with Crippen molar-refractivity contribution in [3.05, 3.63) is 46.1 Å². The van der Waals surface area contributed by atoms with E-state index in [9.17, 15) is 9.18 Å². The van der Waals surface area contributed by atoms with Crippen LogP contribution in [0.5, 0.6) is 5.75 Å². The summed E-state index contributed by atoms with van der Waals surface area (Å²) in [6.07, 6.45) is 1.24. The summed E-state index contributed by atoms with van der Waals surface area (Å²) in [7, 11) is 0. The summed E-state index contributed by atoms with van der Waals surface area (Å²) in [6, 6.07) is 7.26. The summed E-state index contributed by atoms with van der Waals surface area (Å²) in [5, 5.41) is 0. The third-order valence-electron chi connectivity index (χ3n) is 2.87. The number of hydrogen-bond acceptors (Lipinski definition) is 3. The lowest BCUT2D eigenvalue weighted by Crippen LogP contribution is -2.17. The zero-order chi connectivity index (χ0) is 14.5. The molecule has 0 fully saturated rings. The number of ether oxygens (including phenoxy) is 1. The molecule has 0 unspecified atom stereocenters. The molecule has 1 heterocycles. The Hall–Kier alpha value is -2.17. The molecule has 0 amide bonds. The van der Waals surface area contributed by atoms with Crippen molar-refractivity contribution in [2.24, 2.45) is 0 Å². The van der Waals surface area contributed by atoms with E-state index in [2.05, 4.69) is 9.97 Å². The number of rotatable bonds is 5. The summed E-state index contributed by atoms with van der Waals surface area (Å²) < 4.78 is 19.2. The fraction of sp³-hybridized carbons (Fsp3) is 0.333. The van der Waals surface area contributed by atoms with Crippen LogP contribution in [-0.4, -0.2) is 16.6 Å². The molecule has 0 atom stereocenters. The van der Waals surface area contributed by atoms with E-state index in [0.717, 1.165) is 6.42 Å². The van der Waals surface area contributed by atoms with Crippen LogP contribution in [0.15, 0.2) is 29.1 Å². The standard InChI is InChI=1S/C15H17FN2O2/c1-3-9-20-12-8-6-5-7-10(12)14-17-11(4-2)13(16)15(19)18-14/h5-8H,3-4,9H2,1-2H3,(H,17,18,19). The van der Waals surface area contributed by atoms with E-state index in [1.54, 1.807) is 19.1 Å².